The lowest BCUT2D eigenvalue weighted by Crippen LogP contribution is -2.45. The number of benzene rings is 2. The topological polar surface area (TPSA) is 93.7 Å². The summed E-state index contributed by atoms with van der Waals surface area (Å²) < 4.78 is 23.5. The summed E-state index contributed by atoms with van der Waals surface area (Å²) in [7, 11) is 0. The number of amides is 2. The number of halogens is 1. The van der Waals surface area contributed by atoms with Crippen molar-refractivity contribution < 1.29 is 28.2 Å². The molecular weight excluding hydrogens is 391 g/mol. The van der Waals surface area contributed by atoms with Gasteiger partial charge in [-0.15, -0.1) is 0 Å². The number of hydrogen-bond donors (Lipinski definition) is 2. The first-order valence-electron chi connectivity index (χ1n) is 9.56. The third-order valence-electron chi connectivity index (χ3n) is 4.09. The predicted molar refractivity (Wildman–Crippen MR) is 110 cm³/mol. The van der Waals surface area contributed by atoms with Gasteiger partial charge in [-0.2, -0.15) is 0 Å². The van der Waals surface area contributed by atoms with E-state index in [0.717, 1.165) is 6.07 Å². The Labute approximate surface area is 174 Å². The molecule has 0 heterocycles. The van der Waals surface area contributed by atoms with Gasteiger partial charge in [-0.25, -0.2) is 9.18 Å². The van der Waals surface area contributed by atoms with Gasteiger partial charge in [0.05, 0.1) is 6.61 Å². The van der Waals surface area contributed by atoms with Gasteiger partial charge in [0.25, 0.3) is 11.8 Å². The van der Waals surface area contributed by atoms with Crippen LogP contribution in [0, 0.1) is 11.7 Å². The van der Waals surface area contributed by atoms with Crippen LogP contribution in [-0.2, 0) is 14.3 Å². The van der Waals surface area contributed by atoms with Gasteiger partial charge < -0.3 is 20.1 Å². The Morgan fingerprint density at radius 1 is 1.07 bits per heavy atom. The van der Waals surface area contributed by atoms with Gasteiger partial charge in [0, 0.05) is 11.3 Å². The van der Waals surface area contributed by atoms with Gasteiger partial charge in [-0.05, 0) is 55.3 Å². The van der Waals surface area contributed by atoms with Gasteiger partial charge in [0.1, 0.15) is 17.6 Å². The summed E-state index contributed by atoms with van der Waals surface area (Å²) in [6, 6.07) is 10.9. The fraction of sp³-hybridized carbons (Fsp3) is 0.318. The minimum atomic E-state index is -0.939. The molecule has 0 bridgehead atoms. The molecule has 0 unspecified atom stereocenters. The highest BCUT2D eigenvalue weighted by Crippen LogP contribution is 2.13. The molecule has 0 aromatic heterocycles. The Balaban J connectivity index is 1.92. The fourth-order valence-corrected chi connectivity index (χ4v) is 2.58. The van der Waals surface area contributed by atoms with Crippen LogP contribution in [0.25, 0.3) is 0 Å². The number of hydrogen-bond acceptors (Lipinski definition) is 5. The van der Waals surface area contributed by atoms with E-state index in [1.165, 1.54) is 18.2 Å². The maximum Gasteiger partial charge on any atom is 0.329 e. The molecule has 30 heavy (non-hydrogen) atoms. The number of rotatable bonds is 9. The van der Waals surface area contributed by atoms with Crippen LogP contribution < -0.4 is 15.4 Å². The average molecular weight is 416 g/mol. The van der Waals surface area contributed by atoms with Crippen LogP contribution in [-0.4, -0.2) is 37.0 Å². The molecule has 0 saturated heterocycles. The number of ether oxygens (including phenoxy) is 2. The monoisotopic (exact) mass is 416 g/mol. The van der Waals surface area contributed by atoms with Crippen molar-refractivity contribution in [3.05, 3.63) is 59.9 Å². The first kappa shape index (κ1) is 22.9. The zero-order valence-corrected chi connectivity index (χ0v) is 17.1. The number of anilines is 1. The summed E-state index contributed by atoms with van der Waals surface area (Å²) in [6.07, 6.45) is 0. The number of nitrogens with one attached hydrogen (secondary N) is 2. The summed E-state index contributed by atoms with van der Waals surface area (Å²) in [6.45, 7) is 5.31. The zero-order chi connectivity index (χ0) is 22.1. The summed E-state index contributed by atoms with van der Waals surface area (Å²) in [5, 5.41) is 5.06. The standard InChI is InChI=1S/C22H25FN2O5/c1-4-29-18-10-8-15(9-11-18)21(27)25-20(14(2)3)22(28)30-13-19(26)24-17-7-5-6-16(23)12-17/h5-12,14,20H,4,13H2,1-3H3,(H,24,26)(H,25,27)/t20-/m0/s1. The van der Waals surface area contributed by atoms with Crippen LogP contribution in [0.3, 0.4) is 0 Å². The van der Waals surface area contributed by atoms with E-state index in [1.807, 2.05) is 6.92 Å². The van der Waals surface area contributed by atoms with Crippen LogP contribution in [0.4, 0.5) is 10.1 Å². The number of carbonyl (C=O) groups is 3. The van der Waals surface area contributed by atoms with Crippen molar-refractivity contribution in [1.82, 2.24) is 5.32 Å². The van der Waals surface area contributed by atoms with Crippen molar-refractivity contribution in [3.63, 3.8) is 0 Å². The second-order valence-corrected chi connectivity index (χ2v) is 6.82. The lowest BCUT2D eigenvalue weighted by Gasteiger charge is -2.21. The van der Waals surface area contributed by atoms with E-state index in [9.17, 15) is 18.8 Å². The maximum absolute atomic E-state index is 13.2. The SMILES string of the molecule is CCOc1ccc(C(=O)N[C@H](C(=O)OCC(=O)Nc2cccc(F)c2)C(C)C)cc1. The van der Waals surface area contributed by atoms with E-state index in [0.29, 0.717) is 17.9 Å². The summed E-state index contributed by atoms with van der Waals surface area (Å²) in [4.78, 5) is 36.8. The molecule has 2 aromatic carbocycles. The molecule has 0 fully saturated rings. The van der Waals surface area contributed by atoms with Crippen molar-refractivity contribution in [2.45, 2.75) is 26.8 Å². The van der Waals surface area contributed by atoms with Crippen molar-refractivity contribution in [1.29, 1.82) is 0 Å². The molecule has 0 radical (unpaired) electrons. The van der Waals surface area contributed by atoms with Gasteiger partial charge >= 0.3 is 5.97 Å². The van der Waals surface area contributed by atoms with Crippen LogP contribution in [0.15, 0.2) is 48.5 Å². The van der Waals surface area contributed by atoms with Gasteiger partial charge in [-0.3, -0.25) is 9.59 Å². The first-order chi connectivity index (χ1) is 14.3. The molecule has 2 amide bonds. The first-order valence-corrected chi connectivity index (χ1v) is 9.56. The second kappa shape index (κ2) is 10.9. The molecule has 0 aliphatic heterocycles. The third-order valence-corrected chi connectivity index (χ3v) is 4.09. The molecule has 2 N–H and O–H groups in total. The van der Waals surface area contributed by atoms with E-state index in [2.05, 4.69) is 10.6 Å². The Hall–Kier alpha value is -3.42. The van der Waals surface area contributed by atoms with Crippen molar-refractivity contribution in [2.75, 3.05) is 18.5 Å². The summed E-state index contributed by atoms with van der Waals surface area (Å²) >= 11 is 0. The van der Waals surface area contributed by atoms with Crippen molar-refractivity contribution in [2.24, 2.45) is 5.92 Å². The smallest absolute Gasteiger partial charge is 0.329 e. The zero-order valence-electron chi connectivity index (χ0n) is 17.1. The lowest BCUT2D eigenvalue weighted by atomic mass is 10.0. The van der Waals surface area contributed by atoms with E-state index in [-0.39, 0.29) is 11.6 Å². The van der Waals surface area contributed by atoms with Crippen LogP contribution in [0.5, 0.6) is 5.75 Å². The molecular formula is C22H25FN2O5. The quantitative estimate of drug-likeness (QED) is 0.613. The fourth-order valence-electron chi connectivity index (χ4n) is 2.58. The van der Waals surface area contributed by atoms with E-state index < -0.39 is 36.2 Å². The minimum Gasteiger partial charge on any atom is -0.494 e. The van der Waals surface area contributed by atoms with Gasteiger partial charge in [-0.1, -0.05) is 19.9 Å². The summed E-state index contributed by atoms with van der Waals surface area (Å²) in [5.74, 6) is -1.93. The highest BCUT2D eigenvalue weighted by atomic mass is 19.1. The number of carbonyl (C=O) groups excluding carboxylic acids is 3. The Morgan fingerprint density at radius 3 is 2.37 bits per heavy atom. The number of esters is 1. The van der Waals surface area contributed by atoms with Crippen molar-refractivity contribution in [3.8, 4) is 5.75 Å². The molecule has 0 spiro atoms. The van der Waals surface area contributed by atoms with Crippen LogP contribution in [0.2, 0.25) is 0 Å². The van der Waals surface area contributed by atoms with Crippen molar-refractivity contribution >= 4 is 23.5 Å². The molecule has 0 saturated carbocycles. The largest absolute Gasteiger partial charge is 0.494 e. The van der Waals surface area contributed by atoms with Crippen LogP contribution in [0.1, 0.15) is 31.1 Å². The third kappa shape index (κ3) is 6.88. The highest BCUT2D eigenvalue weighted by Gasteiger charge is 2.26. The molecule has 1 atom stereocenters. The highest BCUT2D eigenvalue weighted by molar-refractivity contribution is 5.97. The van der Waals surface area contributed by atoms with E-state index >= 15 is 0 Å². The lowest BCUT2D eigenvalue weighted by molar-refractivity contribution is -0.150. The van der Waals surface area contributed by atoms with Gasteiger partial charge in [0.2, 0.25) is 0 Å². The molecule has 2 rings (SSSR count). The average Bonchev–Trinajstić information content (AvgIpc) is 2.70. The van der Waals surface area contributed by atoms with E-state index in [1.54, 1.807) is 38.1 Å². The minimum absolute atomic E-state index is 0.250. The summed E-state index contributed by atoms with van der Waals surface area (Å²) in [5.41, 5.74) is 0.612. The molecule has 0 aliphatic carbocycles. The molecule has 7 nitrogen and oxygen atoms in total. The van der Waals surface area contributed by atoms with Crippen LogP contribution >= 0.6 is 0 Å². The molecule has 160 valence electrons. The molecule has 8 heteroatoms. The van der Waals surface area contributed by atoms with E-state index in [4.69, 9.17) is 9.47 Å². The molecule has 2 aromatic rings. The Bertz CT molecular complexity index is 883. The predicted octanol–water partition coefficient (Wildman–Crippen LogP) is 3.16. The maximum atomic E-state index is 13.2. The van der Waals surface area contributed by atoms with Gasteiger partial charge in [0.15, 0.2) is 6.61 Å². The second-order valence-electron chi connectivity index (χ2n) is 6.82. The molecule has 0 aliphatic rings. The Morgan fingerprint density at radius 2 is 1.77 bits per heavy atom. The Kier molecular flexibility index (Phi) is 8.34. The normalized spacial score (nSPS) is 11.5.